The lowest BCUT2D eigenvalue weighted by molar-refractivity contribution is 0.170. The minimum Gasteiger partial charge on any atom is -0.387 e. The lowest BCUT2D eigenvalue weighted by Crippen LogP contribution is -2.38. The summed E-state index contributed by atoms with van der Waals surface area (Å²) in [5.41, 5.74) is 3.58. The van der Waals surface area contributed by atoms with Crippen LogP contribution in [0.4, 0.5) is 0 Å². The molecule has 2 rings (SSSR count). The first kappa shape index (κ1) is 20.9. The second-order valence-electron chi connectivity index (χ2n) is 7.71. The SMILES string of the molecule is CNC(C)(C)Cc1ccc(CC(C)NCC(O)c2cccc(Cl)c2)cc1. The van der Waals surface area contributed by atoms with E-state index in [9.17, 15) is 5.11 Å². The zero-order valence-electron chi connectivity index (χ0n) is 16.2. The van der Waals surface area contributed by atoms with Crippen LogP contribution >= 0.6 is 11.6 Å². The standard InChI is InChI=1S/C22H31ClN2O/c1-16(25-15-21(26)19-6-5-7-20(23)13-19)12-17-8-10-18(11-9-17)14-22(2,3)24-4/h5-11,13,16,21,24-26H,12,14-15H2,1-4H3. The van der Waals surface area contributed by atoms with E-state index < -0.39 is 6.10 Å². The van der Waals surface area contributed by atoms with Gasteiger partial charge in [-0.15, -0.1) is 0 Å². The fourth-order valence-electron chi connectivity index (χ4n) is 2.96. The molecule has 0 aliphatic rings. The molecular weight excluding hydrogens is 344 g/mol. The first-order chi connectivity index (χ1) is 12.3. The molecule has 26 heavy (non-hydrogen) atoms. The Bertz CT molecular complexity index is 685. The van der Waals surface area contributed by atoms with E-state index in [-0.39, 0.29) is 11.6 Å². The normalized spacial score (nSPS) is 14.2. The van der Waals surface area contributed by atoms with Crippen LogP contribution in [-0.4, -0.2) is 30.3 Å². The number of hydrogen-bond acceptors (Lipinski definition) is 3. The number of benzene rings is 2. The first-order valence-corrected chi connectivity index (χ1v) is 9.60. The van der Waals surface area contributed by atoms with Crippen LogP contribution in [0.25, 0.3) is 0 Å². The van der Waals surface area contributed by atoms with Gasteiger partial charge in [-0.05, 0) is 69.5 Å². The fourth-order valence-corrected chi connectivity index (χ4v) is 3.16. The van der Waals surface area contributed by atoms with Crippen LogP contribution in [0.1, 0.15) is 43.6 Å². The largest absolute Gasteiger partial charge is 0.387 e. The average Bonchev–Trinajstić information content (AvgIpc) is 2.61. The van der Waals surface area contributed by atoms with Crippen molar-refractivity contribution >= 4 is 11.6 Å². The number of aliphatic hydroxyl groups excluding tert-OH is 1. The summed E-state index contributed by atoms with van der Waals surface area (Å²) in [6.07, 6.45) is 1.38. The van der Waals surface area contributed by atoms with E-state index in [1.165, 1.54) is 11.1 Å². The fraction of sp³-hybridized carbons (Fsp3) is 0.455. The van der Waals surface area contributed by atoms with Crippen LogP contribution < -0.4 is 10.6 Å². The van der Waals surface area contributed by atoms with Gasteiger partial charge < -0.3 is 15.7 Å². The topological polar surface area (TPSA) is 44.3 Å². The summed E-state index contributed by atoms with van der Waals surface area (Å²) >= 11 is 5.99. The molecule has 2 aromatic rings. The van der Waals surface area contributed by atoms with E-state index in [4.69, 9.17) is 11.6 Å². The molecule has 0 bridgehead atoms. The minimum absolute atomic E-state index is 0.104. The van der Waals surface area contributed by atoms with Crippen LogP contribution in [0.2, 0.25) is 5.02 Å². The highest BCUT2D eigenvalue weighted by molar-refractivity contribution is 6.30. The summed E-state index contributed by atoms with van der Waals surface area (Å²) in [6.45, 7) is 7.06. The Hall–Kier alpha value is -1.39. The Morgan fingerprint density at radius 3 is 2.35 bits per heavy atom. The molecule has 0 radical (unpaired) electrons. The molecular formula is C22H31ClN2O. The molecule has 0 spiro atoms. The summed E-state index contributed by atoms with van der Waals surface area (Å²) < 4.78 is 0. The van der Waals surface area contributed by atoms with Gasteiger partial charge in [-0.1, -0.05) is 48.0 Å². The number of hydrogen-bond donors (Lipinski definition) is 3. The lowest BCUT2D eigenvalue weighted by Gasteiger charge is -2.24. The summed E-state index contributed by atoms with van der Waals surface area (Å²) in [6, 6.07) is 16.5. The van der Waals surface area contributed by atoms with Gasteiger partial charge in [0.25, 0.3) is 0 Å². The molecule has 0 fully saturated rings. The highest BCUT2D eigenvalue weighted by Gasteiger charge is 2.15. The van der Waals surface area contributed by atoms with Gasteiger partial charge in [0.2, 0.25) is 0 Å². The van der Waals surface area contributed by atoms with Crippen molar-refractivity contribution in [2.45, 2.75) is 51.3 Å². The van der Waals surface area contributed by atoms with Gasteiger partial charge >= 0.3 is 0 Å². The molecule has 0 saturated heterocycles. The lowest BCUT2D eigenvalue weighted by atomic mass is 9.94. The van der Waals surface area contributed by atoms with Crippen molar-refractivity contribution in [2.75, 3.05) is 13.6 Å². The van der Waals surface area contributed by atoms with Gasteiger partial charge in [0.1, 0.15) is 0 Å². The van der Waals surface area contributed by atoms with Gasteiger partial charge in [-0.25, -0.2) is 0 Å². The molecule has 142 valence electrons. The summed E-state index contributed by atoms with van der Waals surface area (Å²) in [7, 11) is 2.00. The second-order valence-corrected chi connectivity index (χ2v) is 8.15. The van der Waals surface area contributed by atoms with E-state index in [0.717, 1.165) is 18.4 Å². The second kappa shape index (κ2) is 9.52. The molecule has 2 atom stereocenters. The van der Waals surface area contributed by atoms with Crippen LogP contribution in [-0.2, 0) is 12.8 Å². The zero-order chi connectivity index (χ0) is 19.2. The Balaban J connectivity index is 1.83. The van der Waals surface area contributed by atoms with Crippen LogP contribution in [0.15, 0.2) is 48.5 Å². The number of aliphatic hydroxyl groups is 1. The monoisotopic (exact) mass is 374 g/mol. The van der Waals surface area contributed by atoms with Gasteiger partial charge in [-0.3, -0.25) is 0 Å². The number of likely N-dealkylation sites (N-methyl/N-ethyl adjacent to an activating group) is 1. The van der Waals surface area contributed by atoms with E-state index >= 15 is 0 Å². The smallest absolute Gasteiger partial charge is 0.0914 e. The first-order valence-electron chi connectivity index (χ1n) is 9.23. The third-order valence-corrected chi connectivity index (χ3v) is 5.02. The summed E-state index contributed by atoms with van der Waals surface area (Å²) in [5.74, 6) is 0. The Morgan fingerprint density at radius 1 is 1.08 bits per heavy atom. The minimum atomic E-state index is -0.553. The van der Waals surface area contributed by atoms with E-state index in [1.807, 2.05) is 31.3 Å². The summed E-state index contributed by atoms with van der Waals surface area (Å²) in [5, 5.41) is 17.7. The van der Waals surface area contributed by atoms with Gasteiger partial charge in [0.05, 0.1) is 6.10 Å². The average molecular weight is 375 g/mol. The highest BCUT2D eigenvalue weighted by Crippen LogP contribution is 2.18. The molecule has 0 amide bonds. The van der Waals surface area contributed by atoms with Crippen molar-refractivity contribution in [3.63, 3.8) is 0 Å². The van der Waals surface area contributed by atoms with Crippen molar-refractivity contribution in [3.8, 4) is 0 Å². The van der Waals surface area contributed by atoms with E-state index in [2.05, 4.69) is 55.7 Å². The molecule has 0 aliphatic heterocycles. The zero-order valence-corrected chi connectivity index (χ0v) is 17.0. The number of nitrogens with one attached hydrogen (secondary N) is 2. The molecule has 0 aromatic heterocycles. The van der Waals surface area contributed by atoms with Crippen LogP contribution in [0.5, 0.6) is 0 Å². The maximum absolute atomic E-state index is 10.3. The quantitative estimate of drug-likeness (QED) is 0.618. The van der Waals surface area contributed by atoms with Gasteiger partial charge in [-0.2, -0.15) is 0 Å². The molecule has 0 saturated carbocycles. The molecule has 2 aromatic carbocycles. The molecule has 0 aliphatic carbocycles. The predicted molar refractivity (Wildman–Crippen MR) is 111 cm³/mol. The Morgan fingerprint density at radius 2 is 1.73 bits per heavy atom. The highest BCUT2D eigenvalue weighted by atomic mass is 35.5. The van der Waals surface area contributed by atoms with Crippen molar-refractivity contribution in [3.05, 3.63) is 70.2 Å². The molecule has 3 N–H and O–H groups in total. The van der Waals surface area contributed by atoms with Crippen LogP contribution in [0.3, 0.4) is 0 Å². The predicted octanol–water partition coefficient (Wildman–Crippen LogP) is 4.13. The third kappa shape index (κ3) is 6.73. The summed E-state index contributed by atoms with van der Waals surface area (Å²) in [4.78, 5) is 0. The van der Waals surface area contributed by atoms with E-state index in [0.29, 0.717) is 11.6 Å². The Kier molecular flexibility index (Phi) is 7.66. The maximum atomic E-state index is 10.3. The van der Waals surface area contributed by atoms with Crippen molar-refractivity contribution in [1.29, 1.82) is 0 Å². The van der Waals surface area contributed by atoms with Crippen molar-refractivity contribution in [1.82, 2.24) is 10.6 Å². The Labute approximate surface area is 162 Å². The van der Waals surface area contributed by atoms with Gasteiger partial charge in [0, 0.05) is 23.1 Å². The van der Waals surface area contributed by atoms with E-state index in [1.54, 1.807) is 0 Å². The van der Waals surface area contributed by atoms with Crippen molar-refractivity contribution < 1.29 is 5.11 Å². The number of halogens is 1. The van der Waals surface area contributed by atoms with Gasteiger partial charge in [0.15, 0.2) is 0 Å². The molecule has 3 nitrogen and oxygen atoms in total. The van der Waals surface area contributed by atoms with Crippen molar-refractivity contribution in [2.24, 2.45) is 0 Å². The molecule has 2 unspecified atom stereocenters. The third-order valence-electron chi connectivity index (χ3n) is 4.78. The molecule has 0 heterocycles. The van der Waals surface area contributed by atoms with Crippen LogP contribution in [0, 0.1) is 0 Å². The number of rotatable bonds is 9. The molecule has 4 heteroatoms. The maximum Gasteiger partial charge on any atom is 0.0914 e.